The van der Waals surface area contributed by atoms with Crippen molar-refractivity contribution in [1.29, 1.82) is 0 Å². The fraction of sp³-hybridized carbons (Fsp3) is 0.179. The highest BCUT2D eigenvalue weighted by molar-refractivity contribution is 6.14. The predicted octanol–water partition coefficient (Wildman–Crippen LogP) is 6.45. The number of nitrogens with zero attached hydrogens (tertiary/aromatic N) is 3. The van der Waals surface area contributed by atoms with Crippen molar-refractivity contribution in [2.24, 2.45) is 7.05 Å². The van der Waals surface area contributed by atoms with Gasteiger partial charge in [-0.1, -0.05) is 18.2 Å². The number of halogens is 4. The quantitative estimate of drug-likeness (QED) is 0.313. The number of hydrogen-bond donors (Lipinski definition) is 1. The van der Waals surface area contributed by atoms with Crippen LogP contribution in [0.3, 0.4) is 0 Å². The Morgan fingerprint density at radius 3 is 2.37 bits per heavy atom. The summed E-state index contributed by atoms with van der Waals surface area (Å²) in [5, 5.41) is 6.56. The molecule has 194 valence electrons. The van der Waals surface area contributed by atoms with Gasteiger partial charge in [-0.25, -0.2) is 4.39 Å². The molecule has 0 unspecified atom stereocenters. The molecule has 0 aliphatic carbocycles. The highest BCUT2D eigenvalue weighted by atomic mass is 19.4. The normalized spacial score (nSPS) is 14.5. The molecule has 4 aromatic rings. The van der Waals surface area contributed by atoms with Crippen LogP contribution in [0.5, 0.6) is 0 Å². The molecule has 1 aliphatic rings. The minimum atomic E-state index is -4.79. The largest absolute Gasteiger partial charge is 0.417 e. The minimum absolute atomic E-state index is 0.148. The molecule has 2 heterocycles. The van der Waals surface area contributed by atoms with Crippen LogP contribution in [0, 0.1) is 5.82 Å². The van der Waals surface area contributed by atoms with Crippen LogP contribution < -0.4 is 10.2 Å². The average molecular weight is 523 g/mol. The van der Waals surface area contributed by atoms with E-state index in [1.54, 1.807) is 56.2 Å². The predicted molar refractivity (Wildman–Crippen MR) is 135 cm³/mol. The molecule has 0 fully saturated rings. The molecule has 0 atom stereocenters. The van der Waals surface area contributed by atoms with Crippen LogP contribution in [0.25, 0.3) is 11.1 Å². The zero-order chi connectivity index (χ0) is 27.4. The van der Waals surface area contributed by atoms with Gasteiger partial charge in [0.25, 0.3) is 5.91 Å². The highest BCUT2D eigenvalue weighted by Gasteiger charge is 2.46. The van der Waals surface area contributed by atoms with Gasteiger partial charge < -0.3 is 5.32 Å². The Labute approximate surface area is 215 Å². The van der Waals surface area contributed by atoms with Crippen LogP contribution in [-0.4, -0.2) is 21.6 Å². The molecule has 0 saturated heterocycles. The van der Waals surface area contributed by atoms with Gasteiger partial charge in [-0.3, -0.25) is 19.2 Å². The number of aryl methyl sites for hydroxylation is 1. The third-order valence-electron chi connectivity index (χ3n) is 6.58. The lowest BCUT2D eigenvalue weighted by Crippen LogP contribution is -2.33. The average Bonchev–Trinajstić information content (AvgIpc) is 3.37. The Hall–Kier alpha value is -4.47. The number of benzene rings is 3. The lowest BCUT2D eigenvalue weighted by Gasteiger charge is -2.21. The molecule has 0 radical (unpaired) electrons. The van der Waals surface area contributed by atoms with Gasteiger partial charge in [0.05, 0.1) is 34.1 Å². The van der Waals surface area contributed by atoms with Crippen molar-refractivity contribution in [3.8, 4) is 11.1 Å². The fourth-order valence-electron chi connectivity index (χ4n) is 4.78. The number of nitrogens with one attached hydrogen (secondary N) is 1. The first-order valence-corrected chi connectivity index (χ1v) is 11.6. The third-order valence-corrected chi connectivity index (χ3v) is 6.58. The van der Waals surface area contributed by atoms with Gasteiger partial charge in [0.2, 0.25) is 5.91 Å². The van der Waals surface area contributed by atoms with Crippen LogP contribution in [0.1, 0.15) is 35.3 Å². The van der Waals surface area contributed by atoms with Crippen LogP contribution in [0.4, 0.5) is 34.6 Å². The zero-order valence-corrected chi connectivity index (χ0v) is 20.6. The summed E-state index contributed by atoms with van der Waals surface area (Å²) in [6.45, 7) is 3.50. The Bertz CT molecular complexity index is 1570. The van der Waals surface area contributed by atoms with E-state index in [2.05, 4.69) is 10.4 Å². The number of alkyl halides is 3. The number of hydrogen-bond acceptors (Lipinski definition) is 3. The van der Waals surface area contributed by atoms with Crippen molar-refractivity contribution in [2.75, 3.05) is 10.2 Å². The summed E-state index contributed by atoms with van der Waals surface area (Å²) in [4.78, 5) is 28.1. The Morgan fingerprint density at radius 1 is 1.03 bits per heavy atom. The lowest BCUT2D eigenvalue weighted by molar-refractivity contribution is -0.137. The maximum Gasteiger partial charge on any atom is 0.417 e. The van der Waals surface area contributed by atoms with Crippen molar-refractivity contribution in [3.05, 3.63) is 95.6 Å². The summed E-state index contributed by atoms with van der Waals surface area (Å²) in [7, 11) is 1.73. The Balaban J connectivity index is 1.64. The van der Waals surface area contributed by atoms with E-state index in [4.69, 9.17) is 0 Å². The summed E-state index contributed by atoms with van der Waals surface area (Å²) in [5.74, 6) is -1.75. The molecule has 6 nitrogen and oxygen atoms in total. The van der Waals surface area contributed by atoms with E-state index in [-0.39, 0.29) is 11.6 Å². The van der Waals surface area contributed by atoms with Crippen molar-refractivity contribution in [3.63, 3.8) is 0 Å². The maximum absolute atomic E-state index is 13.9. The molecule has 0 bridgehead atoms. The second-order valence-corrected chi connectivity index (χ2v) is 9.56. The van der Waals surface area contributed by atoms with Crippen LogP contribution in [0.2, 0.25) is 0 Å². The number of fused-ring (bicyclic) bond motifs is 1. The topological polar surface area (TPSA) is 67.2 Å². The summed E-state index contributed by atoms with van der Waals surface area (Å²) in [6, 6.07) is 13.2. The summed E-state index contributed by atoms with van der Waals surface area (Å²) in [5.41, 5.74) is 0.0682. The molecule has 5 rings (SSSR count). The Kier molecular flexibility index (Phi) is 5.85. The molecule has 10 heteroatoms. The molecule has 1 aromatic heterocycles. The van der Waals surface area contributed by atoms with Crippen molar-refractivity contribution >= 4 is 28.9 Å². The van der Waals surface area contributed by atoms with E-state index in [9.17, 15) is 27.2 Å². The highest BCUT2D eigenvalue weighted by Crippen LogP contribution is 2.49. The first-order valence-electron chi connectivity index (χ1n) is 11.6. The second-order valence-electron chi connectivity index (χ2n) is 9.56. The number of amides is 2. The maximum atomic E-state index is 13.9. The number of carbonyl (C=O) groups excluding carboxylic acids is 2. The number of rotatable bonds is 4. The molecule has 1 aliphatic heterocycles. The van der Waals surface area contributed by atoms with Crippen LogP contribution >= 0.6 is 0 Å². The third kappa shape index (κ3) is 4.21. The minimum Gasteiger partial charge on any atom is -0.322 e. The summed E-state index contributed by atoms with van der Waals surface area (Å²) in [6.07, 6.45) is -1.53. The van der Waals surface area contributed by atoms with Gasteiger partial charge in [-0.2, -0.15) is 18.3 Å². The SMILES string of the molecule is Cn1cc(N2C(=O)C(C)(C)c3c(-c4ccc(C(F)(F)F)c(C(=O)Nc5ccc(F)cc5)c4)cccc32)cn1. The summed E-state index contributed by atoms with van der Waals surface area (Å²) >= 11 is 0. The smallest absolute Gasteiger partial charge is 0.322 e. The van der Waals surface area contributed by atoms with Crippen molar-refractivity contribution in [2.45, 2.75) is 25.4 Å². The van der Waals surface area contributed by atoms with Gasteiger partial charge in [-0.05, 0) is 73.0 Å². The van der Waals surface area contributed by atoms with Crippen LogP contribution in [-0.2, 0) is 23.4 Å². The molecular weight excluding hydrogens is 500 g/mol. The molecule has 1 N–H and O–H groups in total. The van der Waals surface area contributed by atoms with E-state index in [0.717, 1.165) is 18.2 Å². The van der Waals surface area contributed by atoms with Gasteiger partial charge in [0.15, 0.2) is 0 Å². The molecule has 2 amide bonds. The van der Waals surface area contributed by atoms with Gasteiger partial charge in [-0.15, -0.1) is 0 Å². The van der Waals surface area contributed by atoms with E-state index < -0.39 is 34.4 Å². The number of aromatic nitrogens is 2. The Morgan fingerprint density at radius 2 is 1.74 bits per heavy atom. The van der Waals surface area contributed by atoms with Gasteiger partial charge >= 0.3 is 6.18 Å². The number of anilines is 3. The van der Waals surface area contributed by atoms with Gasteiger partial charge in [0.1, 0.15) is 5.82 Å². The molecule has 3 aromatic carbocycles. The summed E-state index contributed by atoms with van der Waals surface area (Å²) < 4.78 is 56.5. The number of carbonyl (C=O) groups is 2. The molecule has 0 spiro atoms. The van der Waals surface area contributed by atoms with Gasteiger partial charge in [0, 0.05) is 18.9 Å². The monoisotopic (exact) mass is 522 g/mol. The van der Waals surface area contributed by atoms with Crippen molar-refractivity contribution in [1.82, 2.24) is 9.78 Å². The first kappa shape index (κ1) is 25.2. The van der Waals surface area contributed by atoms with Crippen molar-refractivity contribution < 1.29 is 27.2 Å². The zero-order valence-electron chi connectivity index (χ0n) is 20.6. The first-order chi connectivity index (χ1) is 17.9. The standard InChI is InChI=1S/C28H22F4N4O2/c1-27(2)24-20(5-4-6-23(24)36(26(27)38)19-14-33-35(3)15-19)16-7-12-22(28(30,31)32)21(13-16)25(37)34-18-10-8-17(29)9-11-18/h4-15H,1-3H3,(H,34,37). The van der Waals surface area contributed by atoms with E-state index in [0.29, 0.717) is 28.1 Å². The van der Waals surface area contributed by atoms with Crippen LogP contribution in [0.15, 0.2) is 73.1 Å². The fourth-order valence-corrected chi connectivity index (χ4v) is 4.78. The van der Waals surface area contributed by atoms with E-state index in [1.807, 2.05) is 0 Å². The van der Waals surface area contributed by atoms with E-state index >= 15 is 0 Å². The molecule has 38 heavy (non-hydrogen) atoms. The molecular formula is C28H22F4N4O2. The van der Waals surface area contributed by atoms with E-state index in [1.165, 1.54) is 29.2 Å². The molecule has 0 saturated carbocycles. The second kappa shape index (κ2) is 8.83. The lowest BCUT2D eigenvalue weighted by atomic mass is 9.81.